The molecule has 7 N–H and O–H groups in total. The number of thioether (sulfide) groups is 2. The Balaban J connectivity index is 0.00000541. The topological polar surface area (TPSA) is 298 Å². The number of imide groups is 1. The number of aromatic hydroxyl groups is 2. The van der Waals surface area contributed by atoms with Gasteiger partial charge < -0.3 is 46.8 Å². The van der Waals surface area contributed by atoms with Crippen LogP contribution in [0, 0.1) is 0 Å². The zero-order valence-electron chi connectivity index (χ0n) is 25.7. The molecule has 21 nitrogen and oxygen atoms in total. The molecule has 7 amide bonds. The number of nitrogen functional groups attached to an aromatic ring is 1. The first-order valence-electron chi connectivity index (χ1n) is 13.9. The van der Waals surface area contributed by atoms with Crippen molar-refractivity contribution in [2.45, 2.75) is 29.2 Å². The molecule has 254 valence electrons. The number of phenols is 2. The molecule has 5 rings (SSSR count). The van der Waals surface area contributed by atoms with Crippen molar-refractivity contribution in [1.29, 1.82) is 0 Å². The van der Waals surface area contributed by atoms with E-state index in [9.17, 15) is 48.9 Å². The second-order valence-electron chi connectivity index (χ2n) is 10.3. The number of carboxylic acids is 1. The number of hydrogen-bond acceptors (Lipinski definition) is 16. The molecule has 3 aliphatic rings. The standard InChI is InChI=1S/C25H27N11O10S2.Na/c1-2-33-5-6-34(19(42)18(33)41)23(46)28-15(11-3-4-13(38)14(39)7-11)17(40)29-25(27-10-37)21(45)35-16(20(43)44)12(8-47-22(25)35)9-48-24-30-31-32-36(24)26;/h3-4,7,10,15,22,38-39H,2,5-6,8-9,26H2,1H3,(H,27,37)(H,28,46)(H,29,40)(H,43,44);/q;+1/p-1/t15?,22-,25+;/m0./s1. The fourth-order valence-electron chi connectivity index (χ4n) is 5.19. The molecule has 0 aliphatic carbocycles. The van der Waals surface area contributed by atoms with E-state index in [1.165, 1.54) is 4.90 Å². The average Bonchev–Trinajstić information content (AvgIpc) is 3.48. The van der Waals surface area contributed by atoms with Gasteiger partial charge in [0.1, 0.15) is 11.4 Å². The number of nitrogens with two attached hydrogens (primary N) is 1. The van der Waals surface area contributed by atoms with Crippen LogP contribution in [-0.4, -0.2) is 129 Å². The number of piperazine rings is 1. The van der Waals surface area contributed by atoms with E-state index >= 15 is 0 Å². The molecule has 4 heterocycles. The quantitative estimate of drug-likeness (QED) is 0.0183. The minimum absolute atomic E-state index is 0. The summed E-state index contributed by atoms with van der Waals surface area (Å²) in [6, 6.07) is 0.144. The summed E-state index contributed by atoms with van der Waals surface area (Å²) in [6.07, 6.45) is 0.113. The Hall–Kier alpha value is -4.58. The Kier molecular flexibility index (Phi) is 11.3. The van der Waals surface area contributed by atoms with E-state index in [0.717, 1.165) is 51.4 Å². The number of aromatic nitrogens is 4. The molecule has 49 heavy (non-hydrogen) atoms. The van der Waals surface area contributed by atoms with Crippen molar-refractivity contribution in [3.63, 3.8) is 0 Å². The van der Waals surface area contributed by atoms with Crippen LogP contribution in [0.15, 0.2) is 34.6 Å². The number of amides is 7. The minimum Gasteiger partial charge on any atom is -0.543 e. The third-order valence-electron chi connectivity index (χ3n) is 7.59. The smallest absolute Gasteiger partial charge is 0.543 e. The Morgan fingerprint density at radius 2 is 1.94 bits per heavy atom. The largest absolute Gasteiger partial charge is 1.00 e. The van der Waals surface area contributed by atoms with Crippen molar-refractivity contribution >= 4 is 65.6 Å². The van der Waals surface area contributed by atoms with Gasteiger partial charge in [0.25, 0.3) is 5.91 Å². The van der Waals surface area contributed by atoms with Gasteiger partial charge in [0.2, 0.25) is 23.1 Å². The summed E-state index contributed by atoms with van der Waals surface area (Å²) in [4.78, 5) is 93.4. The maximum Gasteiger partial charge on any atom is 1.00 e. The van der Waals surface area contributed by atoms with Crippen LogP contribution in [0.4, 0.5) is 4.79 Å². The summed E-state index contributed by atoms with van der Waals surface area (Å²) in [6.45, 7) is 1.69. The SMILES string of the molecule is CCN1CCN(C(=O)NC(C(=O)N[C@]2(NC=O)C(=O)N3C(C(=O)[O-])=C(CSc4nnnn4N)CS[C@H]32)c2ccc(O)c(O)c2)C(=O)C1=O.[Na+]. The van der Waals surface area contributed by atoms with Crippen LogP contribution in [0.25, 0.3) is 0 Å². The molecule has 3 atom stereocenters. The monoisotopic (exact) mass is 727 g/mol. The summed E-state index contributed by atoms with van der Waals surface area (Å²) in [5, 5.41) is 48.6. The van der Waals surface area contributed by atoms with Gasteiger partial charge in [-0.25, -0.2) is 4.79 Å². The van der Waals surface area contributed by atoms with Gasteiger partial charge in [-0.05, 0) is 40.6 Å². The molecule has 1 unspecified atom stereocenters. The van der Waals surface area contributed by atoms with Gasteiger partial charge in [0.05, 0.1) is 11.7 Å². The number of carboxylic acid groups (broad SMARTS) is 1. The first-order valence-corrected chi connectivity index (χ1v) is 15.9. The van der Waals surface area contributed by atoms with E-state index in [-0.39, 0.29) is 83.4 Å². The van der Waals surface area contributed by atoms with Crippen molar-refractivity contribution in [3.05, 3.63) is 35.0 Å². The maximum absolute atomic E-state index is 13.9. The molecular formula is C25H26N11NaO10S2. The van der Waals surface area contributed by atoms with Crippen LogP contribution in [0.3, 0.4) is 0 Å². The molecule has 0 spiro atoms. The molecule has 3 aliphatic heterocycles. The fraction of sp³-hybridized carbons (Fsp3) is 0.360. The van der Waals surface area contributed by atoms with Crippen molar-refractivity contribution < 1.29 is 78.4 Å². The number of aliphatic carboxylic acids is 1. The van der Waals surface area contributed by atoms with E-state index in [2.05, 4.69) is 31.5 Å². The van der Waals surface area contributed by atoms with Gasteiger partial charge in [0.15, 0.2) is 11.5 Å². The Morgan fingerprint density at radius 1 is 1.20 bits per heavy atom. The van der Waals surface area contributed by atoms with Gasteiger partial charge in [-0.3, -0.25) is 33.8 Å². The second-order valence-corrected chi connectivity index (χ2v) is 12.3. The Labute approximate surface area is 306 Å². The number of carbonyl (C=O) groups is 7. The van der Waals surface area contributed by atoms with Crippen LogP contribution >= 0.6 is 23.5 Å². The summed E-state index contributed by atoms with van der Waals surface area (Å²) in [5.74, 6) is -1.72. The molecule has 0 bridgehead atoms. The summed E-state index contributed by atoms with van der Waals surface area (Å²) in [5.41, 5.74) is -2.64. The molecule has 24 heteroatoms. The molecule has 2 fully saturated rings. The van der Waals surface area contributed by atoms with Crippen LogP contribution in [0.2, 0.25) is 0 Å². The van der Waals surface area contributed by atoms with E-state index in [1.54, 1.807) is 6.92 Å². The summed E-state index contributed by atoms with van der Waals surface area (Å²) in [7, 11) is 0. The van der Waals surface area contributed by atoms with Gasteiger partial charge in [-0.2, -0.15) is 0 Å². The predicted molar refractivity (Wildman–Crippen MR) is 159 cm³/mol. The van der Waals surface area contributed by atoms with Crippen molar-refractivity contribution in [1.82, 2.24) is 51.0 Å². The number of tetrazole rings is 1. The van der Waals surface area contributed by atoms with Gasteiger partial charge in [0, 0.05) is 31.1 Å². The predicted octanol–water partition coefficient (Wildman–Crippen LogP) is -7.49. The van der Waals surface area contributed by atoms with E-state index in [4.69, 9.17) is 5.84 Å². The van der Waals surface area contributed by atoms with Gasteiger partial charge in [-0.1, -0.05) is 22.9 Å². The molecule has 1 aromatic heterocycles. The number of benzene rings is 1. The number of rotatable bonds is 11. The average molecular weight is 728 g/mol. The molecule has 2 aromatic rings. The van der Waals surface area contributed by atoms with E-state index in [1.807, 2.05) is 0 Å². The van der Waals surface area contributed by atoms with Gasteiger partial charge in [-0.15, -0.1) is 16.6 Å². The first-order chi connectivity index (χ1) is 22.8. The number of nitrogens with zero attached hydrogens (tertiary/aromatic N) is 7. The van der Waals surface area contributed by atoms with Crippen molar-refractivity contribution in [2.75, 3.05) is 37.0 Å². The fourth-order valence-corrected chi connectivity index (χ4v) is 7.55. The zero-order chi connectivity index (χ0) is 34.9. The maximum atomic E-state index is 13.9. The number of phenolic OH excluding ortho intramolecular Hbond substituents is 2. The molecular weight excluding hydrogens is 701 g/mol. The van der Waals surface area contributed by atoms with Crippen molar-refractivity contribution in [2.24, 2.45) is 0 Å². The summed E-state index contributed by atoms with van der Waals surface area (Å²) >= 11 is 1.97. The number of urea groups is 1. The van der Waals surface area contributed by atoms with Gasteiger partial charge >= 0.3 is 47.4 Å². The normalized spacial score (nSPS) is 20.9. The third-order valence-corrected chi connectivity index (χ3v) is 10.0. The second kappa shape index (κ2) is 14.9. The minimum atomic E-state index is -2.23. The van der Waals surface area contributed by atoms with Crippen LogP contribution in [0.5, 0.6) is 11.5 Å². The number of fused-ring (bicyclic) bond motifs is 1. The van der Waals surface area contributed by atoms with Crippen molar-refractivity contribution in [3.8, 4) is 11.5 Å². The van der Waals surface area contributed by atoms with E-state index in [0.29, 0.717) is 4.90 Å². The zero-order valence-corrected chi connectivity index (χ0v) is 29.3. The van der Waals surface area contributed by atoms with Crippen LogP contribution in [-0.2, 0) is 28.8 Å². The molecule has 2 saturated heterocycles. The number of carbonyl (C=O) groups excluding carboxylic acids is 7. The number of β-lactam (4-membered cyclic amide) rings is 1. The summed E-state index contributed by atoms with van der Waals surface area (Å²) < 4.78 is 0. The Morgan fingerprint density at radius 3 is 2.55 bits per heavy atom. The number of likely N-dealkylation sites (N-methyl/N-ethyl adjacent to an activating group) is 1. The number of hydrogen-bond donors (Lipinski definition) is 6. The Bertz CT molecular complexity index is 1760. The van der Waals surface area contributed by atoms with Crippen LogP contribution < -0.4 is 56.5 Å². The number of nitrogens with one attached hydrogen (secondary N) is 3. The van der Waals surface area contributed by atoms with Crippen LogP contribution in [0.1, 0.15) is 18.5 Å². The third kappa shape index (κ3) is 6.83. The molecule has 0 radical (unpaired) electrons. The van der Waals surface area contributed by atoms with E-state index < -0.39 is 69.9 Å². The molecule has 1 aromatic carbocycles. The first kappa shape index (κ1) is 37.2. The molecule has 0 saturated carbocycles.